The molecule has 3 nitrogen and oxygen atoms in total. The van der Waals surface area contributed by atoms with Gasteiger partial charge in [0.1, 0.15) is 11.1 Å². The fourth-order valence-electron chi connectivity index (χ4n) is 2.96. The van der Waals surface area contributed by atoms with E-state index in [0.29, 0.717) is 17.2 Å². The molecule has 124 valence electrons. The Morgan fingerprint density at radius 2 is 2.21 bits per heavy atom. The van der Waals surface area contributed by atoms with Crippen LogP contribution in [0.2, 0.25) is 0 Å². The number of fused-ring (bicyclic) bond motifs is 1. The van der Waals surface area contributed by atoms with E-state index in [2.05, 4.69) is 30.4 Å². The summed E-state index contributed by atoms with van der Waals surface area (Å²) in [7, 11) is 0. The lowest BCUT2D eigenvalue weighted by Crippen LogP contribution is -2.14. The maximum Gasteiger partial charge on any atom is 0.235 e. The van der Waals surface area contributed by atoms with E-state index in [4.69, 9.17) is 0 Å². The van der Waals surface area contributed by atoms with Crippen LogP contribution in [0.1, 0.15) is 34.9 Å². The number of nitriles is 1. The Labute approximate surface area is 151 Å². The number of carbonyl (C=O) groups is 1. The maximum atomic E-state index is 12.2. The minimum Gasteiger partial charge on any atom is -0.316 e. The summed E-state index contributed by atoms with van der Waals surface area (Å²) in [6.07, 6.45) is 3.10. The molecule has 24 heavy (non-hydrogen) atoms. The van der Waals surface area contributed by atoms with Gasteiger partial charge in [-0.1, -0.05) is 37.3 Å². The number of benzene rings is 1. The standard InChI is InChI=1S/C19H20N2OS2/c1-13-7-8-15-16(10-20)19(24-17(15)9-13)21-18(22)12-23-11-14-5-3-2-4-6-14/h2-6,13H,7-9,11-12H2,1H3,(H,21,22)/t13-/m0/s1. The summed E-state index contributed by atoms with van der Waals surface area (Å²) in [4.78, 5) is 13.5. The molecule has 1 amide bonds. The van der Waals surface area contributed by atoms with Crippen molar-refractivity contribution in [3.8, 4) is 6.07 Å². The molecule has 0 fully saturated rings. The van der Waals surface area contributed by atoms with Crippen molar-refractivity contribution < 1.29 is 4.79 Å². The zero-order valence-electron chi connectivity index (χ0n) is 13.7. The first kappa shape index (κ1) is 17.1. The minimum absolute atomic E-state index is 0.0286. The first-order valence-corrected chi connectivity index (χ1v) is 10.1. The van der Waals surface area contributed by atoms with Crippen molar-refractivity contribution in [2.75, 3.05) is 11.1 Å². The van der Waals surface area contributed by atoms with Gasteiger partial charge in [-0.15, -0.1) is 23.1 Å². The number of hydrogen-bond donors (Lipinski definition) is 1. The van der Waals surface area contributed by atoms with Gasteiger partial charge in [0.15, 0.2) is 0 Å². The van der Waals surface area contributed by atoms with Gasteiger partial charge in [-0.25, -0.2) is 0 Å². The summed E-state index contributed by atoms with van der Waals surface area (Å²) in [5.41, 5.74) is 3.06. The second-order valence-electron chi connectivity index (χ2n) is 6.19. The van der Waals surface area contributed by atoms with Crippen molar-refractivity contribution in [3.63, 3.8) is 0 Å². The zero-order valence-corrected chi connectivity index (χ0v) is 15.3. The van der Waals surface area contributed by atoms with Crippen molar-refractivity contribution in [3.05, 3.63) is 51.9 Å². The van der Waals surface area contributed by atoms with E-state index >= 15 is 0 Å². The lowest BCUT2D eigenvalue weighted by Gasteiger charge is -2.17. The van der Waals surface area contributed by atoms with Crippen LogP contribution in [-0.4, -0.2) is 11.7 Å². The van der Waals surface area contributed by atoms with Gasteiger partial charge in [-0.3, -0.25) is 4.79 Å². The quantitative estimate of drug-likeness (QED) is 0.851. The molecule has 0 unspecified atom stereocenters. The van der Waals surface area contributed by atoms with Gasteiger partial charge in [-0.05, 0) is 36.3 Å². The third kappa shape index (κ3) is 4.00. The van der Waals surface area contributed by atoms with Crippen molar-refractivity contribution in [1.82, 2.24) is 0 Å². The number of amides is 1. The van der Waals surface area contributed by atoms with Crippen LogP contribution in [-0.2, 0) is 23.4 Å². The first-order chi connectivity index (χ1) is 11.7. The zero-order chi connectivity index (χ0) is 16.9. The Morgan fingerprint density at radius 1 is 1.42 bits per heavy atom. The van der Waals surface area contributed by atoms with E-state index in [1.54, 1.807) is 23.1 Å². The smallest absolute Gasteiger partial charge is 0.235 e. The molecular formula is C19H20N2OS2. The van der Waals surface area contributed by atoms with E-state index in [-0.39, 0.29) is 5.91 Å². The molecular weight excluding hydrogens is 336 g/mol. The molecule has 1 atom stereocenters. The summed E-state index contributed by atoms with van der Waals surface area (Å²) < 4.78 is 0. The molecule has 1 aliphatic rings. The Balaban J connectivity index is 1.59. The van der Waals surface area contributed by atoms with Crippen LogP contribution in [0.25, 0.3) is 0 Å². The molecule has 1 N–H and O–H groups in total. The van der Waals surface area contributed by atoms with Crippen molar-refractivity contribution in [2.24, 2.45) is 5.92 Å². The van der Waals surface area contributed by atoms with E-state index < -0.39 is 0 Å². The number of thioether (sulfide) groups is 1. The summed E-state index contributed by atoms with van der Waals surface area (Å²) in [5, 5.41) is 13.2. The van der Waals surface area contributed by atoms with Gasteiger partial charge in [0.2, 0.25) is 5.91 Å². The molecule has 0 bridgehead atoms. The normalized spacial score (nSPS) is 16.2. The number of hydrogen-bond acceptors (Lipinski definition) is 4. The van der Waals surface area contributed by atoms with Crippen LogP contribution in [0, 0.1) is 17.2 Å². The van der Waals surface area contributed by atoms with Crippen LogP contribution in [0.5, 0.6) is 0 Å². The fraction of sp³-hybridized carbons (Fsp3) is 0.368. The van der Waals surface area contributed by atoms with Crippen molar-refractivity contribution >= 4 is 34.0 Å². The highest BCUT2D eigenvalue weighted by Gasteiger charge is 2.24. The lowest BCUT2D eigenvalue weighted by atomic mass is 9.89. The maximum absolute atomic E-state index is 12.2. The van der Waals surface area contributed by atoms with Gasteiger partial charge in [0.25, 0.3) is 0 Å². The van der Waals surface area contributed by atoms with E-state index in [1.807, 2.05) is 18.2 Å². The number of nitrogens with one attached hydrogen (secondary N) is 1. The Bertz CT molecular complexity index is 762. The SMILES string of the molecule is C[C@H]1CCc2c(sc(NC(=O)CSCc3ccccc3)c2C#N)C1. The van der Waals surface area contributed by atoms with Crippen LogP contribution in [0.3, 0.4) is 0 Å². The monoisotopic (exact) mass is 356 g/mol. The lowest BCUT2D eigenvalue weighted by molar-refractivity contribution is -0.113. The number of rotatable bonds is 5. The molecule has 1 aliphatic carbocycles. The molecule has 0 radical (unpaired) electrons. The molecule has 0 aliphatic heterocycles. The van der Waals surface area contributed by atoms with Crippen LogP contribution >= 0.6 is 23.1 Å². The number of nitrogens with zero attached hydrogens (tertiary/aromatic N) is 1. The predicted octanol–water partition coefficient (Wildman–Crippen LogP) is 4.62. The molecule has 2 aromatic rings. The van der Waals surface area contributed by atoms with E-state index in [9.17, 15) is 10.1 Å². The molecule has 0 spiro atoms. The highest BCUT2D eigenvalue weighted by Crippen LogP contribution is 2.39. The Hall–Kier alpha value is -1.77. The van der Waals surface area contributed by atoms with E-state index in [1.165, 1.54) is 10.4 Å². The summed E-state index contributed by atoms with van der Waals surface area (Å²) in [5.74, 6) is 1.85. The first-order valence-electron chi connectivity index (χ1n) is 8.13. The molecule has 1 heterocycles. The second-order valence-corrected chi connectivity index (χ2v) is 8.29. The van der Waals surface area contributed by atoms with Gasteiger partial charge >= 0.3 is 0 Å². The molecule has 1 aromatic heterocycles. The van der Waals surface area contributed by atoms with Crippen LogP contribution < -0.4 is 5.32 Å². The number of anilines is 1. The fourth-order valence-corrected chi connectivity index (χ4v) is 5.12. The molecule has 3 rings (SSSR count). The van der Waals surface area contributed by atoms with Gasteiger partial charge < -0.3 is 5.32 Å². The highest BCUT2D eigenvalue weighted by molar-refractivity contribution is 7.99. The Kier molecular flexibility index (Phi) is 5.60. The van der Waals surface area contributed by atoms with Crippen molar-refractivity contribution in [2.45, 2.75) is 31.9 Å². The minimum atomic E-state index is -0.0286. The van der Waals surface area contributed by atoms with Crippen LogP contribution in [0.4, 0.5) is 5.00 Å². The van der Waals surface area contributed by atoms with Gasteiger partial charge in [0, 0.05) is 10.6 Å². The second kappa shape index (κ2) is 7.87. The molecule has 0 saturated heterocycles. The molecule has 1 aromatic carbocycles. The Morgan fingerprint density at radius 3 is 2.96 bits per heavy atom. The number of thiophene rings is 1. The average molecular weight is 357 g/mol. The summed E-state index contributed by atoms with van der Waals surface area (Å²) in [6, 6.07) is 12.4. The summed E-state index contributed by atoms with van der Waals surface area (Å²) in [6.45, 7) is 2.24. The largest absolute Gasteiger partial charge is 0.316 e. The third-order valence-electron chi connectivity index (χ3n) is 4.22. The third-order valence-corrected chi connectivity index (χ3v) is 6.39. The average Bonchev–Trinajstić information content (AvgIpc) is 2.91. The van der Waals surface area contributed by atoms with Gasteiger partial charge in [0.05, 0.1) is 11.3 Å². The van der Waals surface area contributed by atoms with Gasteiger partial charge in [-0.2, -0.15) is 5.26 Å². The summed E-state index contributed by atoms with van der Waals surface area (Å²) >= 11 is 3.18. The molecule has 5 heteroatoms. The topological polar surface area (TPSA) is 52.9 Å². The molecule has 0 saturated carbocycles. The highest BCUT2D eigenvalue weighted by atomic mass is 32.2. The van der Waals surface area contributed by atoms with Crippen molar-refractivity contribution in [1.29, 1.82) is 5.26 Å². The van der Waals surface area contributed by atoms with Crippen LogP contribution in [0.15, 0.2) is 30.3 Å². The number of carbonyl (C=O) groups excluding carboxylic acids is 1. The predicted molar refractivity (Wildman–Crippen MR) is 101 cm³/mol. The van der Waals surface area contributed by atoms with E-state index in [0.717, 1.165) is 35.6 Å².